The minimum Gasteiger partial charge on any atom is -0.469 e. The van der Waals surface area contributed by atoms with Gasteiger partial charge in [-0.05, 0) is 42.7 Å². The zero-order valence-corrected chi connectivity index (χ0v) is 10.7. The number of pyridine rings is 1. The fourth-order valence-corrected chi connectivity index (χ4v) is 1.76. The molecule has 0 bridgehead atoms. The van der Waals surface area contributed by atoms with Crippen LogP contribution in [-0.4, -0.2) is 17.6 Å². The normalized spacial score (nSPS) is 10.3. The molecule has 0 radical (unpaired) electrons. The number of carbonyl (C=O) groups excluding carboxylic acids is 1. The number of aromatic nitrogens is 1. The second-order valence-electron chi connectivity index (χ2n) is 4.26. The summed E-state index contributed by atoms with van der Waals surface area (Å²) in [4.78, 5) is 15.4. The fraction of sp³-hybridized carbons (Fsp3) is 0.333. The Bertz CT molecular complexity index is 479. The van der Waals surface area contributed by atoms with Gasteiger partial charge in [0, 0.05) is 18.8 Å². The highest BCUT2D eigenvalue weighted by atomic mass is 16.5. The molecule has 4 nitrogen and oxygen atoms in total. The van der Waals surface area contributed by atoms with Gasteiger partial charge in [-0.25, -0.2) is 0 Å². The zero-order valence-electron chi connectivity index (χ0n) is 10.7. The van der Waals surface area contributed by atoms with Crippen LogP contribution in [0.25, 0.3) is 0 Å². The number of ether oxygens (including phenoxy) is 1. The van der Waals surface area contributed by atoms with Crippen molar-refractivity contribution < 1.29 is 13.9 Å². The summed E-state index contributed by atoms with van der Waals surface area (Å²) in [5.74, 6) is 0.639. The van der Waals surface area contributed by atoms with Gasteiger partial charge in [0.2, 0.25) is 0 Å². The summed E-state index contributed by atoms with van der Waals surface area (Å²) < 4.78 is 10.3. The number of carbonyl (C=O) groups is 1. The molecule has 100 valence electrons. The van der Waals surface area contributed by atoms with E-state index in [0.29, 0.717) is 19.4 Å². The summed E-state index contributed by atoms with van der Waals surface area (Å²) in [5.41, 5.74) is 1.21. The molecule has 2 aromatic rings. The number of nitrogens with zero attached hydrogens (tertiary/aromatic N) is 1. The molecule has 0 spiro atoms. The van der Waals surface area contributed by atoms with Gasteiger partial charge in [0.05, 0.1) is 19.3 Å². The molecule has 0 aliphatic carbocycles. The zero-order chi connectivity index (χ0) is 13.3. The first kappa shape index (κ1) is 13.3. The van der Waals surface area contributed by atoms with Crippen molar-refractivity contribution in [3.8, 4) is 0 Å². The van der Waals surface area contributed by atoms with Crippen molar-refractivity contribution in [2.45, 2.75) is 25.7 Å². The van der Waals surface area contributed by atoms with Crippen molar-refractivity contribution in [2.24, 2.45) is 0 Å². The van der Waals surface area contributed by atoms with E-state index < -0.39 is 0 Å². The number of hydrogen-bond donors (Lipinski definition) is 0. The molecule has 0 amide bonds. The third-order valence-corrected chi connectivity index (χ3v) is 2.78. The molecule has 0 atom stereocenters. The van der Waals surface area contributed by atoms with E-state index in [1.165, 1.54) is 5.56 Å². The van der Waals surface area contributed by atoms with Crippen molar-refractivity contribution >= 4 is 5.97 Å². The van der Waals surface area contributed by atoms with Crippen LogP contribution in [0.3, 0.4) is 0 Å². The number of furan rings is 1. The third-order valence-electron chi connectivity index (χ3n) is 2.78. The van der Waals surface area contributed by atoms with Gasteiger partial charge >= 0.3 is 5.97 Å². The Labute approximate surface area is 112 Å². The standard InChI is InChI=1S/C15H17NO3/c17-15(6-5-14-4-2-11-18-14)19-12-1-3-13-7-9-16-10-8-13/h2,4,7-11H,1,3,5-6,12H2. The summed E-state index contributed by atoms with van der Waals surface area (Å²) in [6.07, 6.45) is 7.83. The molecule has 0 N–H and O–H groups in total. The van der Waals surface area contributed by atoms with Crippen LogP contribution in [0, 0.1) is 0 Å². The van der Waals surface area contributed by atoms with Crippen LogP contribution in [0.2, 0.25) is 0 Å². The lowest BCUT2D eigenvalue weighted by molar-refractivity contribution is -0.143. The quantitative estimate of drug-likeness (QED) is 0.566. The van der Waals surface area contributed by atoms with E-state index in [2.05, 4.69) is 4.98 Å². The molecule has 0 saturated heterocycles. The molecule has 19 heavy (non-hydrogen) atoms. The molecule has 4 heteroatoms. The van der Waals surface area contributed by atoms with Crippen molar-refractivity contribution in [3.05, 3.63) is 54.2 Å². The molecule has 0 aliphatic rings. The Hall–Kier alpha value is -2.10. The first-order chi connectivity index (χ1) is 9.34. The Morgan fingerprint density at radius 1 is 1.21 bits per heavy atom. The summed E-state index contributed by atoms with van der Waals surface area (Å²) in [6.45, 7) is 0.458. The molecule has 2 aromatic heterocycles. The lowest BCUT2D eigenvalue weighted by Crippen LogP contribution is -2.07. The van der Waals surface area contributed by atoms with E-state index in [-0.39, 0.29) is 5.97 Å². The van der Waals surface area contributed by atoms with Crippen molar-refractivity contribution in [1.82, 2.24) is 4.98 Å². The highest BCUT2D eigenvalue weighted by molar-refractivity contribution is 5.69. The number of rotatable bonds is 7. The van der Waals surface area contributed by atoms with Gasteiger partial charge in [0.1, 0.15) is 5.76 Å². The Morgan fingerprint density at radius 2 is 2.05 bits per heavy atom. The number of aryl methyl sites for hydroxylation is 2. The molecular formula is C15H17NO3. The van der Waals surface area contributed by atoms with Crippen molar-refractivity contribution in [1.29, 1.82) is 0 Å². The van der Waals surface area contributed by atoms with Gasteiger partial charge < -0.3 is 9.15 Å². The Kier molecular flexibility index (Phi) is 5.17. The van der Waals surface area contributed by atoms with E-state index >= 15 is 0 Å². The van der Waals surface area contributed by atoms with E-state index in [1.807, 2.05) is 24.3 Å². The van der Waals surface area contributed by atoms with E-state index in [1.54, 1.807) is 18.7 Å². The van der Waals surface area contributed by atoms with Crippen molar-refractivity contribution in [3.63, 3.8) is 0 Å². The first-order valence-corrected chi connectivity index (χ1v) is 6.41. The average Bonchev–Trinajstić information content (AvgIpc) is 2.96. The highest BCUT2D eigenvalue weighted by Crippen LogP contribution is 2.05. The summed E-state index contributed by atoms with van der Waals surface area (Å²) in [5, 5.41) is 0. The maximum absolute atomic E-state index is 11.5. The summed E-state index contributed by atoms with van der Waals surface area (Å²) in [6, 6.07) is 7.61. The lowest BCUT2D eigenvalue weighted by atomic mass is 10.1. The SMILES string of the molecule is O=C(CCc1ccco1)OCCCc1ccncc1. The van der Waals surface area contributed by atoms with E-state index in [0.717, 1.165) is 18.6 Å². The molecule has 0 aliphatic heterocycles. The van der Waals surface area contributed by atoms with Gasteiger partial charge in [-0.15, -0.1) is 0 Å². The van der Waals surface area contributed by atoms with Crippen molar-refractivity contribution in [2.75, 3.05) is 6.61 Å². The van der Waals surface area contributed by atoms with E-state index in [4.69, 9.17) is 9.15 Å². The van der Waals surface area contributed by atoms with Crippen LogP contribution >= 0.6 is 0 Å². The molecule has 2 rings (SSSR count). The van der Waals surface area contributed by atoms with Crippen LogP contribution in [0.4, 0.5) is 0 Å². The smallest absolute Gasteiger partial charge is 0.306 e. The number of esters is 1. The monoisotopic (exact) mass is 259 g/mol. The largest absolute Gasteiger partial charge is 0.469 e. The molecule has 0 aromatic carbocycles. The Balaban J connectivity index is 1.57. The fourth-order valence-electron chi connectivity index (χ4n) is 1.76. The topological polar surface area (TPSA) is 52.3 Å². The van der Waals surface area contributed by atoms with Gasteiger partial charge in [-0.2, -0.15) is 0 Å². The Morgan fingerprint density at radius 3 is 2.79 bits per heavy atom. The van der Waals surface area contributed by atoms with Crippen LogP contribution in [0.1, 0.15) is 24.2 Å². The predicted molar refractivity (Wildman–Crippen MR) is 70.5 cm³/mol. The van der Waals surface area contributed by atoms with Crippen LogP contribution in [-0.2, 0) is 22.4 Å². The molecule has 0 saturated carbocycles. The van der Waals surface area contributed by atoms with Gasteiger partial charge in [-0.3, -0.25) is 9.78 Å². The third kappa shape index (κ3) is 4.95. The average molecular weight is 259 g/mol. The predicted octanol–water partition coefficient (Wildman–Crippen LogP) is 2.78. The minimum absolute atomic E-state index is 0.175. The minimum atomic E-state index is -0.175. The van der Waals surface area contributed by atoms with Crippen LogP contribution in [0.15, 0.2) is 47.3 Å². The van der Waals surface area contributed by atoms with Gasteiger partial charge in [0.25, 0.3) is 0 Å². The molecule has 0 fully saturated rings. The van der Waals surface area contributed by atoms with Crippen LogP contribution < -0.4 is 0 Å². The lowest BCUT2D eigenvalue weighted by Gasteiger charge is -2.04. The molecule has 2 heterocycles. The highest BCUT2D eigenvalue weighted by Gasteiger charge is 2.05. The molecular weight excluding hydrogens is 242 g/mol. The number of hydrogen-bond acceptors (Lipinski definition) is 4. The first-order valence-electron chi connectivity index (χ1n) is 6.41. The van der Waals surface area contributed by atoms with E-state index in [9.17, 15) is 4.79 Å². The maximum atomic E-state index is 11.5. The second kappa shape index (κ2) is 7.36. The van der Waals surface area contributed by atoms with Gasteiger partial charge in [-0.1, -0.05) is 0 Å². The second-order valence-corrected chi connectivity index (χ2v) is 4.26. The molecule has 0 unspecified atom stereocenters. The summed E-state index contributed by atoms with van der Waals surface area (Å²) in [7, 11) is 0. The van der Waals surface area contributed by atoms with Crippen LogP contribution in [0.5, 0.6) is 0 Å². The van der Waals surface area contributed by atoms with Gasteiger partial charge in [0.15, 0.2) is 0 Å². The maximum Gasteiger partial charge on any atom is 0.306 e. The summed E-state index contributed by atoms with van der Waals surface area (Å²) >= 11 is 0.